The van der Waals surface area contributed by atoms with Gasteiger partial charge in [-0.25, -0.2) is 9.36 Å². The summed E-state index contributed by atoms with van der Waals surface area (Å²) in [5, 5.41) is 13.1. The summed E-state index contributed by atoms with van der Waals surface area (Å²) in [4.78, 5) is 25.2. The molecule has 0 saturated heterocycles. The lowest BCUT2D eigenvalue weighted by molar-refractivity contribution is 0.300. The minimum absolute atomic E-state index is 0.0610. The zero-order valence-electron chi connectivity index (χ0n) is 10.7. The number of hydrogen-bond acceptors (Lipinski definition) is 4. The van der Waals surface area contributed by atoms with Crippen molar-refractivity contribution in [1.82, 2.24) is 9.36 Å². The van der Waals surface area contributed by atoms with E-state index in [-0.39, 0.29) is 16.3 Å². The summed E-state index contributed by atoms with van der Waals surface area (Å²) in [6, 6.07) is 6.77. The molecule has 2 aromatic rings. The Hall–Kier alpha value is -2.37. The van der Waals surface area contributed by atoms with Crippen molar-refractivity contribution in [1.29, 1.82) is 0 Å². The highest BCUT2D eigenvalue weighted by Gasteiger charge is 2.48. The minimum Gasteiger partial charge on any atom is -0.410 e. The second-order valence-corrected chi connectivity index (χ2v) is 5.72. The molecule has 1 fully saturated rings. The van der Waals surface area contributed by atoms with Gasteiger partial charge in [0.05, 0.1) is 18.5 Å². The summed E-state index contributed by atoms with van der Waals surface area (Å²) >= 11 is 0. The third-order valence-corrected chi connectivity index (χ3v) is 4.40. The number of benzene rings is 1. The highest BCUT2D eigenvalue weighted by molar-refractivity contribution is 5.80. The second kappa shape index (κ2) is 3.59. The zero-order valence-corrected chi connectivity index (χ0v) is 10.7. The molecular weight excluding hydrogens is 258 g/mol. The SMILES string of the molecule is O=c1/c(=N/O)c2ccccc2c(=O)n2n1CC1(CC1)C2. The van der Waals surface area contributed by atoms with Gasteiger partial charge >= 0.3 is 0 Å². The van der Waals surface area contributed by atoms with Gasteiger partial charge in [0, 0.05) is 10.8 Å². The van der Waals surface area contributed by atoms with Crippen LogP contribution in [0, 0.1) is 5.41 Å². The van der Waals surface area contributed by atoms with E-state index in [9.17, 15) is 14.8 Å². The first kappa shape index (κ1) is 11.5. The topological polar surface area (TPSA) is 76.6 Å². The summed E-state index contributed by atoms with van der Waals surface area (Å²) in [7, 11) is 0. The standard InChI is InChI=1S/C14H13N3O3/c18-12-10-4-2-1-3-9(10)11(15-20)13(19)17-8-14(5-6-14)7-16(12)17/h1-4,20H,5-8H2/b15-11+. The van der Waals surface area contributed by atoms with Crippen molar-refractivity contribution in [2.75, 3.05) is 0 Å². The van der Waals surface area contributed by atoms with Crippen LogP contribution < -0.4 is 16.5 Å². The largest absolute Gasteiger partial charge is 0.410 e. The molecule has 20 heavy (non-hydrogen) atoms. The summed E-state index contributed by atoms with van der Waals surface area (Å²) < 4.78 is 2.94. The predicted octanol–water partition coefficient (Wildman–Crippen LogP) is 0.247. The van der Waals surface area contributed by atoms with Gasteiger partial charge in [0.25, 0.3) is 11.1 Å². The Bertz CT molecular complexity index is 919. The summed E-state index contributed by atoms with van der Waals surface area (Å²) in [6.07, 6.45) is 2.07. The predicted molar refractivity (Wildman–Crippen MR) is 71.5 cm³/mol. The molecule has 0 amide bonds. The molecule has 6 heteroatoms. The zero-order chi connectivity index (χ0) is 13.9. The van der Waals surface area contributed by atoms with Crippen LogP contribution in [0.1, 0.15) is 12.8 Å². The van der Waals surface area contributed by atoms with Gasteiger partial charge in [-0.2, -0.15) is 0 Å². The average Bonchev–Trinajstić information content (AvgIpc) is 3.11. The molecule has 1 aliphatic heterocycles. The van der Waals surface area contributed by atoms with E-state index < -0.39 is 5.56 Å². The monoisotopic (exact) mass is 271 g/mol. The fraction of sp³-hybridized carbons (Fsp3) is 0.357. The van der Waals surface area contributed by atoms with E-state index in [1.807, 2.05) is 0 Å². The average molecular weight is 271 g/mol. The van der Waals surface area contributed by atoms with Crippen molar-refractivity contribution in [2.24, 2.45) is 10.6 Å². The maximum Gasteiger partial charge on any atom is 0.295 e. The molecule has 0 bridgehead atoms. The fourth-order valence-electron chi connectivity index (χ4n) is 3.06. The van der Waals surface area contributed by atoms with E-state index in [4.69, 9.17) is 0 Å². The van der Waals surface area contributed by atoms with Gasteiger partial charge < -0.3 is 5.21 Å². The molecule has 2 heterocycles. The summed E-state index contributed by atoms with van der Waals surface area (Å²) in [5.74, 6) is 0. The fourth-order valence-corrected chi connectivity index (χ4v) is 3.06. The Morgan fingerprint density at radius 2 is 1.60 bits per heavy atom. The van der Waals surface area contributed by atoms with Gasteiger partial charge in [0.2, 0.25) is 0 Å². The van der Waals surface area contributed by atoms with Crippen LogP contribution in [0.4, 0.5) is 0 Å². The molecule has 6 nitrogen and oxygen atoms in total. The smallest absolute Gasteiger partial charge is 0.295 e. The molecule has 0 atom stereocenters. The first-order valence-electron chi connectivity index (χ1n) is 6.60. The van der Waals surface area contributed by atoms with E-state index in [0.717, 1.165) is 12.8 Å². The van der Waals surface area contributed by atoms with Crippen LogP contribution in [0.25, 0.3) is 10.8 Å². The van der Waals surface area contributed by atoms with Gasteiger partial charge in [-0.3, -0.25) is 9.59 Å². The van der Waals surface area contributed by atoms with Crippen LogP contribution >= 0.6 is 0 Å². The van der Waals surface area contributed by atoms with Crippen molar-refractivity contribution in [3.63, 3.8) is 0 Å². The first-order valence-corrected chi connectivity index (χ1v) is 6.60. The summed E-state index contributed by atoms with van der Waals surface area (Å²) in [6.45, 7) is 1.11. The van der Waals surface area contributed by atoms with E-state index in [1.165, 1.54) is 9.36 Å². The molecule has 0 unspecified atom stereocenters. The van der Waals surface area contributed by atoms with Crippen LogP contribution in [0.15, 0.2) is 39.0 Å². The Morgan fingerprint density at radius 1 is 1.00 bits per heavy atom. The second-order valence-electron chi connectivity index (χ2n) is 5.72. The highest BCUT2D eigenvalue weighted by atomic mass is 16.4. The molecule has 1 spiro atoms. The molecule has 1 aromatic carbocycles. The molecule has 1 aromatic heterocycles. The number of rotatable bonds is 0. The van der Waals surface area contributed by atoms with E-state index in [0.29, 0.717) is 23.9 Å². The van der Waals surface area contributed by atoms with Crippen molar-refractivity contribution in [2.45, 2.75) is 25.9 Å². The number of hydrogen-bond donors (Lipinski definition) is 1. The van der Waals surface area contributed by atoms with Gasteiger partial charge in [-0.1, -0.05) is 23.4 Å². The van der Waals surface area contributed by atoms with Gasteiger partial charge in [0.1, 0.15) is 0 Å². The molecule has 1 N–H and O–H groups in total. The molecule has 0 radical (unpaired) electrons. The quantitative estimate of drug-likeness (QED) is 0.551. The van der Waals surface area contributed by atoms with E-state index in [1.54, 1.807) is 24.3 Å². The third kappa shape index (κ3) is 1.36. The maximum absolute atomic E-state index is 12.6. The molecule has 1 aliphatic carbocycles. The minimum atomic E-state index is -0.408. The van der Waals surface area contributed by atoms with E-state index >= 15 is 0 Å². The number of fused-ring (bicyclic) bond motifs is 2. The van der Waals surface area contributed by atoms with Crippen LogP contribution in [-0.4, -0.2) is 14.6 Å². The Labute approximate surface area is 113 Å². The molecule has 102 valence electrons. The Balaban J connectivity index is 2.27. The lowest BCUT2D eigenvalue weighted by Crippen LogP contribution is -2.36. The van der Waals surface area contributed by atoms with E-state index in [2.05, 4.69) is 5.16 Å². The van der Waals surface area contributed by atoms with Crippen molar-refractivity contribution >= 4 is 10.8 Å². The molecule has 2 aliphatic rings. The first-order chi connectivity index (χ1) is 9.65. The van der Waals surface area contributed by atoms with Crippen molar-refractivity contribution < 1.29 is 5.21 Å². The van der Waals surface area contributed by atoms with Gasteiger partial charge in [-0.15, -0.1) is 0 Å². The number of nitrogens with zero attached hydrogens (tertiary/aromatic N) is 3. The normalized spacial score (nSPS) is 19.5. The molecular formula is C14H13N3O3. The molecule has 1 saturated carbocycles. The lowest BCUT2D eigenvalue weighted by Gasteiger charge is -1.99. The highest BCUT2D eigenvalue weighted by Crippen LogP contribution is 2.50. The van der Waals surface area contributed by atoms with Crippen LogP contribution in [0.2, 0.25) is 0 Å². The summed E-state index contributed by atoms with van der Waals surface area (Å²) in [5.41, 5.74) is -0.538. The van der Waals surface area contributed by atoms with Gasteiger partial charge in [-0.05, 0) is 18.9 Å². The molecule has 4 rings (SSSR count). The van der Waals surface area contributed by atoms with Crippen molar-refractivity contribution in [3.8, 4) is 0 Å². The van der Waals surface area contributed by atoms with Crippen LogP contribution in [0.5, 0.6) is 0 Å². The third-order valence-electron chi connectivity index (χ3n) is 4.40. The maximum atomic E-state index is 12.6. The van der Waals surface area contributed by atoms with Crippen LogP contribution in [-0.2, 0) is 13.1 Å². The van der Waals surface area contributed by atoms with Crippen molar-refractivity contribution in [3.05, 3.63) is 50.3 Å². The Kier molecular flexibility index (Phi) is 2.06. The van der Waals surface area contributed by atoms with Gasteiger partial charge in [0.15, 0.2) is 5.36 Å². The number of aromatic nitrogens is 2. The lowest BCUT2D eigenvalue weighted by atomic mass is 10.1. The Morgan fingerprint density at radius 3 is 2.20 bits per heavy atom. The van der Waals surface area contributed by atoms with Crippen LogP contribution in [0.3, 0.4) is 0 Å².